The van der Waals surface area contributed by atoms with Crippen LogP contribution in [0.5, 0.6) is 0 Å². The number of hydrogen-bond donors (Lipinski definition) is 0. The SMILES string of the molecule is CC(C)=CC1=C(C)C(=O)N(C(C)c2ccccc2)C1.CC(C)CC1CCC(=O)C1.[2HH].[2H][2H].[2H][2H].[2H][2H].[HH]. The quantitative estimate of drug-likeness (QED) is 0.502. The lowest BCUT2D eigenvalue weighted by molar-refractivity contribution is -0.127. The maximum absolute atomic E-state index is 12.4. The average Bonchev–Trinajstić information content (AvgIpc) is 3.40. The Kier molecular flexibility index (Phi) is 6.87. The number of amides is 1. The van der Waals surface area contributed by atoms with E-state index in [4.69, 9.17) is 8.91 Å². The molecule has 0 radical (unpaired) electrons. The predicted octanol–water partition coefficient (Wildman–Crippen LogP) is 7.50. The zero-order valence-electron chi connectivity index (χ0n) is 25.0. The molecule has 0 bridgehead atoms. The van der Waals surface area contributed by atoms with E-state index < -0.39 is 0 Å². The van der Waals surface area contributed by atoms with Gasteiger partial charge >= 0.3 is 0 Å². The third-order valence-corrected chi connectivity index (χ3v) is 5.77. The summed E-state index contributed by atoms with van der Waals surface area (Å²) in [7, 11) is 0. The molecule has 2 atom stereocenters. The van der Waals surface area contributed by atoms with Crippen LogP contribution in [0, 0.1) is 11.8 Å². The van der Waals surface area contributed by atoms with E-state index in [2.05, 4.69) is 52.8 Å². The summed E-state index contributed by atoms with van der Waals surface area (Å²) >= 11 is 0. The van der Waals surface area contributed by atoms with Crippen molar-refractivity contribution < 1.29 is 21.4 Å². The van der Waals surface area contributed by atoms with Gasteiger partial charge in [0.25, 0.3) is 5.91 Å². The van der Waals surface area contributed by atoms with Gasteiger partial charge in [0.15, 0.2) is 0 Å². The largest absolute Gasteiger partial charge is 0.328 e. The van der Waals surface area contributed by atoms with Gasteiger partial charge in [-0.3, -0.25) is 9.59 Å². The van der Waals surface area contributed by atoms with E-state index >= 15 is 0 Å². The second kappa shape index (κ2) is 10.6. The second-order valence-corrected chi connectivity index (χ2v) is 9.17. The third-order valence-electron chi connectivity index (χ3n) is 5.77. The number of benzene rings is 1. The maximum atomic E-state index is 12.4. The molecule has 2 aliphatic rings. The molecule has 1 heterocycles. The first-order chi connectivity index (χ1) is 16.7. The fraction of sp³-hybridized carbons (Fsp3) is 0.538. The first-order valence-corrected chi connectivity index (χ1v) is 10.9. The van der Waals surface area contributed by atoms with Crippen LogP contribution in [0.2, 0.25) is 0 Å². The van der Waals surface area contributed by atoms with E-state index in [1.807, 2.05) is 30.0 Å². The lowest BCUT2D eigenvalue weighted by Gasteiger charge is -2.25. The van der Waals surface area contributed by atoms with Gasteiger partial charge in [-0.05, 0) is 63.5 Å². The number of Topliss-reactive ketones (excluding diaryl/α,β-unsaturated/α-hetero) is 1. The predicted molar refractivity (Wildman–Crippen MR) is 131 cm³/mol. The van der Waals surface area contributed by atoms with E-state index in [1.165, 1.54) is 17.6 Å². The second-order valence-electron chi connectivity index (χ2n) is 9.17. The van der Waals surface area contributed by atoms with E-state index in [0.717, 1.165) is 36.3 Å². The minimum Gasteiger partial charge on any atom is -0.328 e. The Hall–Kier alpha value is -2.16. The monoisotopic (exact) mass is 412 g/mol. The minimum absolute atomic E-state index is 0. The highest BCUT2D eigenvalue weighted by atomic mass is 16.2. The lowest BCUT2D eigenvalue weighted by atomic mass is 9.96. The first kappa shape index (κ1) is 18.8. The van der Waals surface area contributed by atoms with Gasteiger partial charge in [0.2, 0.25) is 0 Å². The Morgan fingerprint density at radius 1 is 1.24 bits per heavy atom. The third kappa shape index (κ3) is 6.69. The Bertz CT molecular complexity index is 797. The zero-order valence-corrected chi connectivity index (χ0v) is 19.0. The van der Waals surface area contributed by atoms with Crippen molar-refractivity contribution in [3.05, 3.63) is 58.7 Å². The molecule has 1 amide bonds. The summed E-state index contributed by atoms with van der Waals surface area (Å²) in [5, 5.41) is 0. The molecule has 0 spiro atoms. The highest BCUT2D eigenvalue weighted by Crippen LogP contribution is 2.30. The van der Waals surface area contributed by atoms with Crippen LogP contribution < -0.4 is 0 Å². The van der Waals surface area contributed by atoms with Crippen LogP contribution in [-0.2, 0) is 9.59 Å². The summed E-state index contributed by atoms with van der Waals surface area (Å²) in [5.41, 5.74) is 4.44. The summed E-state index contributed by atoms with van der Waals surface area (Å²) in [5.74, 6) is 2.11. The summed E-state index contributed by atoms with van der Waals surface area (Å²) < 4.78 is 30.0. The van der Waals surface area contributed by atoms with E-state index in [9.17, 15) is 9.59 Å². The van der Waals surface area contributed by atoms with Gasteiger partial charge in [0.05, 0.1) is 6.04 Å². The molecule has 3 heteroatoms. The standard InChI is InChI=1S/C17H21NO.C9H16O.5H2/c1-12(2)10-16-11-18(17(19)13(16)3)14(4)15-8-6-5-7-9-15;1-7(2)5-8-3-4-9(10)6-8;;;;;/h5-10,14H,11H2,1-4H3;7-8H,3-6H2,1-2H3;5*1H/i;;3*1+1D;1+1;. The molecule has 1 aliphatic heterocycles. The number of ketones is 1. The summed E-state index contributed by atoms with van der Waals surface area (Å²) in [6.45, 7) is 13.3. The van der Waals surface area contributed by atoms with Crippen molar-refractivity contribution in [1.82, 2.24) is 4.90 Å². The molecule has 3 nitrogen and oxygen atoms in total. The van der Waals surface area contributed by atoms with Crippen LogP contribution in [0.4, 0.5) is 0 Å². The number of carbonyl (C=O) groups is 2. The summed E-state index contributed by atoms with van der Waals surface area (Å²) in [6.07, 6.45) is 6.21. The Morgan fingerprint density at radius 3 is 2.41 bits per heavy atom. The molecule has 1 saturated carbocycles. The zero-order chi connectivity index (χ0) is 27.6. The normalized spacial score (nSPS) is 20.9. The van der Waals surface area contributed by atoms with Gasteiger partial charge in [0.1, 0.15) is 5.78 Å². The number of hydrogen-bond acceptors (Lipinski definition) is 2. The molecule has 1 aliphatic carbocycles. The van der Waals surface area contributed by atoms with Crippen LogP contribution >= 0.6 is 0 Å². The Balaban J connectivity index is -0.000000259. The average molecular weight is 413 g/mol. The molecular formula is C26H47NO2. The molecule has 0 saturated heterocycles. The summed E-state index contributed by atoms with van der Waals surface area (Å²) in [6, 6.07) is 10.3. The minimum atomic E-state index is 0. The van der Waals surface area contributed by atoms with Crippen LogP contribution in [0.1, 0.15) is 90.6 Å². The van der Waals surface area contributed by atoms with Gasteiger partial charge in [-0.2, -0.15) is 0 Å². The van der Waals surface area contributed by atoms with Crippen molar-refractivity contribution in [1.29, 1.82) is 0 Å². The van der Waals surface area contributed by atoms with Crippen molar-refractivity contribution in [3.63, 3.8) is 0 Å². The van der Waals surface area contributed by atoms with Crippen molar-refractivity contribution in [2.24, 2.45) is 11.8 Å². The van der Waals surface area contributed by atoms with Gasteiger partial charge in [-0.25, -0.2) is 0 Å². The van der Waals surface area contributed by atoms with Crippen LogP contribution in [0.25, 0.3) is 0 Å². The topological polar surface area (TPSA) is 37.4 Å². The number of rotatable bonds is 5. The van der Waals surface area contributed by atoms with E-state index in [1.54, 1.807) is 0 Å². The molecular weight excluding hydrogens is 358 g/mol. The van der Waals surface area contributed by atoms with Crippen LogP contribution in [0.3, 0.4) is 0 Å². The fourth-order valence-corrected chi connectivity index (χ4v) is 4.21. The lowest BCUT2D eigenvalue weighted by Crippen LogP contribution is -2.30. The molecule has 3 rings (SSSR count). The molecule has 0 N–H and O–H groups in total. The van der Waals surface area contributed by atoms with Gasteiger partial charge in [-0.1, -0.05) is 55.8 Å². The highest BCUT2D eigenvalue weighted by Gasteiger charge is 2.30. The van der Waals surface area contributed by atoms with E-state index in [-0.39, 0.29) is 14.8 Å². The molecule has 2 unspecified atom stereocenters. The number of nitrogens with zero attached hydrogens (tertiary/aromatic N) is 1. The smallest absolute Gasteiger partial charge is 0.250 e. The molecule has 168 valence electrons. The molecule has 1 aromatic carbocycles. The molecule has 1 fully saturated rings. The van der Waals surface area contributed by atoms with Crippen molar-refractivity contribution >= 4 is 11.7 Å². The molecule has 1 aromatic rings. The van der Waals surface area contributed by atoms with Crippen molar-refractivity contribution in [3.8, 4) is 0 Å². The Labute approximate surface area is 189 Å². The van der Waals surface area contributed by atoms with Crippen molar-refractivity contribution in [2.75, 3.05) is 6.54 Å². The molecule has 29 heavy (non-hydrogen) atoms. The van der Waals surface area contributed by atoms with Gasteiger partial charge in [-0.15, -0.1) is 0 Å². The van der Waals surface area contributed by atoms with Crippen molar-refractivity contribution in [2.45, 2.75) is 73.3 Å². The van der Waals surface area contributed by atoms with Gasteiger partial charge in [0, 0.05) is 36.7 Å². The maximum Gasteiger partial charge on any atom is 0.250 e. The first-order valence-electron chi connectivity index (χ1n) is 13.9. The number of carbonyl (C=O) groups excluding carboxylic acids is 2. The highest BCUT2D eigenvalue weighted by molar-refractivity contribution is 5.97. The number of allylic oxidation sites excluding steroid dienone is 1. The summed E-state index contributed by atoms with van der Waals surface area (Å²) in [4.78, 5) is 25.1. The fourth-order valence-electron chi connectivity index (χ4n) is 4.21. The Morgan fingerprint density at radius 2 is 1.90 bits per heavy atom. The van der Waals surface area contributed by atoms with Crippen LogP contribution in [-0.4, -0.2) is 23.1 Å². The van der Waals surface area contributed by atoms with E-state index in [0.29, 0.717) is 18.2 Å². The van der Waals surface area contributed by atoms with Crippen LogP contribution in [0.15, 0.2) is 53.1 Å². The molecule has 0 aromatic heterocycles. The van der Waals surface area contributed by atoms with Gasteiger partial charge < -0.3 is 4.90 Å².